The maximum atomic E-state index is 12.5. The Morgan fingerprint density at radius 1 is 0.800 bits per heavy atom. The summed E-state index contributed by atoms with van der Waals surface area (Å²) in [5.74, 6) is -2.55. The van der Waals surface area contributed by atoms with E-state index >= 15 is 0 Å². The lowest BCUT2D eigenvalue weighted by molar-refractivity contribution is -0.185. The van der Waals surface area contributed by atoms with Gasteiger partial charge in [0.25, 0.3) is 5.91 Å². The SMILES string of the molecule is O=C(c1ccc(C(F)(F)F)cc1)N1CCCN(C(=O)C(F)(F)F)CC1. The van der Waals surface area contributed by atoms with Gasteiger partial charge in [0.2, 0.25) is 0 Å². The number of rotatable bonds is 1. The molecule has 0 unspecified atom stereocenters. The van der Waals surface area contributed by atoms with Crippen molar-refractivity contribution in [1.29, 1.82) is 0 Å². The average Bonchev–Trinajstić information content (AvgIpc) is 2.77. The molecule has 0 bridgehead atoms. The van der Waals surface area contributed by atoms with Crippen LogP contribution in [0, 0.1) is 0 Å². The highest BCUT2D eigenvalue weighted by atomic mass is 19.4. The molecule has 0 aromatic heterocycles. The van der Waals surface area contributed by atoms with Gasteiger partial charge < -0.3 is 9.80 Å². The average molecular weight is 368 g/mol. The van der Waals surface area contributed by atoms with Crippen LogP contribution in [0.3, 0.4) is 0 Å². The summed E-state index contributed by atoms with van der Waals surface area (Å²) >= 11 is 0. The van der Waals surface area contributed by atoms with E-state index in [2.05, 4.69) is 0 Å². The lowest BCUT2D eigenvalue weighted by atomic mass is 10.1. The van der Waals surface area contributed by atoms with Crippen molar-refractivity contribution in [2.75, 3.05) is 26.2 Å². The number of halogens is 6. The summed E-state index contributed by atoms with van der Waals surface area (Å²) in [7, 11) is 0. The zero-order valence-electron chi connectivity index (χ0n) is 12.8. The lowest BCUT2D eigenvalue weighted by Crippen LogP contribution is -2.43. The molecule has 1 aromatic carbocycles. The molecule has 4 nitrogen and oxygen atoms in total. The van der Waals surface area contributed by atoms with Gasteiger partial charge in [0.1, 0.15) is 0 Å². The van der Waals surface area contributed by atoms with Crippen LogP contribution in [0.4, 0.5) is 26.3 Å². The molecular formula is C15H14F6N2O2. The van der Waals surface area contributed by atoms with Crippen LogP contribution in [0.15, 0.2) is 24.3 Å². The molecule has 1 heterocycles. The van der Waals surface area contributed by atoms with Gasteiger partial charge in [0.05, 0.1) is 5.56 Å². The Morgan fingerprint density at radius 2 is 1.32 bits per heavy atom. The van der Waals surface area contributed by atoms with Crippen molar-refractivity contribution in [2.45, 2.75) is 18.8 Å². The second-order valence-corrected chi connectivity index (χ2v) is 5.51. The van der Waals surface area contributed by atoms with Crippen molar-refractivity contribution in [3.63, 3.8) is 0 Å². The number of hydrogen-bond donors (Lipinski definition) is 0. The lowest BCUT2D eigenvalue weighted by Gasteiger charge is -2.23. The Hall–Kier alpha value is -2.26. The van der Waals surface area contributed by atoms with Crippen molar-refractivity contribution in [1.82, 2.24) is 9.80 Å². The van der Waals surface area contributed by atoms with E-state index in [0.29, 0.717) is 4.90 Å². The molecule has 0 saturated carbocycles. The summed E-state index contributed by atoms with van der Waals surface area (Å²) < 4.78 is 74.9. The van der Waals surface area contributed by atoms with E-state index in [4.69, 9.17) is 0 Å². The van der Waals surface area contributed by atoms with Crippen molar-refractivity contribution in [3.8, 4) is 0 Å². The van der Waals surface area contributed by atoms with Gasteiger partial charge in [0, 0.05) is 31.7 Å². The Bertz CT molecular complexity index is 639. The minimum absolute atomic E-state index is 0.00333. The summed E-state index contributed by atoms with van der Waals surface area (Å²) in [4.78, 5) is 25.4. The molecule has 1 aromatic rings. The molecule has 10 heteroatoms. The van der Waals surface area contributed by atoms with E-state index in [9.17, 15) is 35.9 Å². The van der Waals surface area contributed by atoms with Gasteiger partial charge in [-0.3, -0.25) is 9.59 Å². The van der Waals surface area contributed by atoms with Gasteiger partial charge in [-0.1, -0.05) is 0 Å². The number of carbonyl (C=O) groups is 2. The predicted octanol–water partition coefficient (Wildman–Crippen LogP) is 2.94. The second kappa shape index (κ2) is 6.93. The first kappa shape index (κ1) is 19.1. The summed E-state index contributed by atoms with van der Waals surface area (Å²) in [6.07, 6.45) is -9.36. The smallest absolute Gasteiger partial charge is 0.337 e. The van der Waals surface area contributed by atoms with E-state index in [1.54, 1.807) is 0 Å². The Labute approximate surface area is 139 Å². The third kappa shape index (κ3) is 4.64. The molecule has 0 N–H and O–H groups in total. The highest BCUT2D eigenvalue weighted by molar-refractivity contribution is 5.94. The Kier molecular flexibility index (Phi) is 5.28. The molecule has 138 valence electrons. The number of carbonyl (C=O) groups excluding carboxylic acids is 2. The fourth-order valence-corrected chi connectivity index (χ4v) is 2.49. The van der Waals surface area contributed by atoms with Crippen molar-refractivity contribution >= 4 is 11.8 Å². The molecule has 1 fully saturated rings. The standard InChI is InChI=1S/C15H14F6N2O2/c16-14(17,18)11-4-2-10(3-5-11)12(24)22-6-1-7-23(9-8-22)13(25)15(19,20)21/h2-5H,1,6-9H2. The molecule has 0 atom stereocenters. The van der Waals surface area contributed by atoms with Crippen LogP contribution in [0.5, 0.6) is 0 Å². The number of alkyl halides is 6. The van der Waals surface area contributed by atoms with Crippen LogP contribution < -0.4 is 0 Å². The molecule has 2 rings (SSSR count). The summed E-state index contributed by atoms with van der Waals surface area (Å²) in [5, 5.41) is 0. The van der Waals surface area contributed by atoms with Gasteiger partial charge in [-0.2, -0.15) is 26.3 Å². The minimum atomic E-state index is -4.98. The first-order valence-corrected chi connectivity index (χ1v) is 7.33. The quantitative estimate of drug-likeness (QED) is 0.716. The van der Waals surface area contributed by atoms with Crippen molar-refractivity contribution in [3.05, 3.63) is 35.4 Å². The monoisotopic (exact) mass is 368 g/mol. The number of nitrogens with zero attached hydrogens (tertiary/aromatic N) is 2. The molecule has 1 aliphatic heterocycles. The van der Waals surface area contributed by atoms with Crippen LogP contribution in [0.2, 0.25) is 0 Å². The van der Waals surface area contributed by atoms with Crippen LogP contribution in [-0.4, -0.2) is 54.0 Å². The van der Waals surface area contributed by atoms with Crippen LogP contribution in [0.25, 0.3) is 0 Å². The molecular weight excluding hydrogens is 354 g/mol. The second-order valence-electron chi connectivity index (χ2n) is 5.51. The third-order valence-corrected chi connectivity index (χ3v) is 3.77. The minimum Gasteiger partial charge on any atom is -0.337 e. The highest BCUT2D eigenvalue weighted by Crippen LogP contribution is 2.29. The number of hydrogen-bond acceptors (Lipinski definition) is 2. The fourth-order valence-electron chi connectivity index (χ4n) is 2.49. The van der Waals surface area contributed by atoms with Crippen LogP contribution in [0.1, 0.15) is 22.3 Å². The molecule has 0 radical (unpaired) electrons. The van der Waals surface area contributed by atoms with Gasteiger partial charge in [-0.05, 0) is 30.7 Å². The van der Waals surface area contributed by atoms with E-state index in [-0.39, 0.29) is 38.2 Å². The number of amides is 2. The topological polar surface area (TPSA) is 40.6 Å². The van der Waals surface area contributed by atoms with Gasteiger partial charge in [-0.15, -0.1) is 0 Å². The van der Waals surface area contributed by atoms with E-state index in [0.717, 1.165) is 24.3 Å². The van der Waals surface area contributed by atoms with E-state index in [1.807, 2.05) is 0 Å². The van der Waals surface area contributed by atoms with Crippen LogP contribution in [-0.2, 0) is 11.0 Å². The third-order valence-electron chi connectivity index (χ3n) is 3.77. The first-order valence-electron chi connectivity index (χ1n) is 7.33. The molecule has 0 spiro atoms. The molecule has 0 aliphatic carbocycles. The fraction of sp³-hybridized carbons (Fsp3) is 0.467. The Balaban J connectivity index is 2.05. The molecule has 1 saturated heterocycles. The maximum absolute atomic E-state index is 12.5. The van der Waals surface area contributed by atoms with Crippen LogP contribution >= 0.6 is 0 Å². The highest BCUT2D eigenvalue weighted by Gasteiger charge is 2.42. The number of benzene rings is 1. The van der Waals surface area contributed by atoms with Crippen molar-refractivity contribution in [2.24, 2.45) is 0 Å². The van der Waals surface area contributed by atoms with Crippen molar-refractivity contribution < 1.29 is 35.9 Å². The van der Waals surface area contributed by atoms with Gasteiger partial charge in [-0.25, -0.2) is 0 Å². The summed E-state index contributed by atoms with van der Waals surface area (Å²) in [6, 6.07) is 3.58. The van der Waals surface area contributed by atoms with E-state index < -0.39 is 29.7 Å². The molecule has 25 heavy (non-hydrogen) atoms. The summed E-state index contributed by atoms with van der Waals surface area (Å²) in [6.45, 7) is -0.441. The normalized spacial score (nSPS) is 16.6. The van der Waals surface area contributed by atoms with Gasteiger partial charge >= 0.3 is 18.3 Å². The largest absolute Gasteiger partial charge is 0.471 e. The first-order chi connectivity index (χ1) is 11.5. The Morgan fingerprint density at radius 3 is 1.84 bits per heavy atom. The molecule has 1 aliphatic rings. The molecule has 2 amide bonds. The zero-order chi connectivity index (χ0) is 18.8. The zero-order valence-corrected chi connectivity index (χ0v) is 12.8. The summed E-state index contributed by atoms with van der Waals surface area (Å²) in [5.41, 5.74) is -0.898. The van der Waals surface area contributed by atoms with Gasteiger partial charge in [0.15, 0.2) is 0 Å². The maximum Gasteiger partial charge on any atom is 0.471 e. The predicted molar refractivity (Wildman–Crippen MR) is 74.6 cm³/mol. The van der Waals surface area contributed by atoms with E-state index in [1.165, 1.54) is 4.90 Å².